The van der Waals surface area contributed by atoms with E-state index < -0.39 is 0 Å². The third kappa shape index (κ3) is 6.58. The summed E-state index contributed by atoms with van der Waals surface area (Å²) >= 11 is 0. The smallest absolute Gasteiger partial charge is 0.120 e. The maximum Gasteiger partial charge on any atom is 0.120 e. The summed E-state index contributed by atoms with van der Waals surface area (Å²) in [6, 6.07) is 17.6. The lowest BCUT2D eigenvalue weighted by molar-refractivity contribution is 0.223. The van der Waals surface area contributed by atoms with E-state index in [9.17, 15) is 5.11 Å². The Bertz CT molecular complexity index is 707. The molecule has 1 atom stereocenters. The van der Waals surface area contributed by atoms with Crippen molar-refractivity contribution in [1.29, 1.82) is 5.26 Å². The molecular weight excluding hydrogens is 312 g/mol. The number of aliphatic hydroxyl groups excluding tert-OH is 1. The van der Waals surface area contributed by atoms with Crippen LogP contribution in [0, 0.1) is 17.2 Å². The minimum absolute atomic E-state index is 0.110. The van der Waals surface area contributed by atoms with Gasteiger partial charge in [0.2, 0.25) is 0 Å². The molecule has 0 heterocycles. The molecule has 0 fully saturated rings. The number of hydrogen-bond acceptors (Lipinski definition) is 4. The third-order valence-electron chi connectivity index (χ3n) is 3.93. The maximum atomic E-state index is 9.45. The van der Waals surface area contributed by atoms with Gasteiger partial charge in [0, 0.05) is 12.6 Å². The normalized spacial score (nSPS) is 12.0. The summed E-state index contributed by atoms with van der Waals surface area (Å²) in [6.07, 6.45) is 0.946. The molecule has 25 heavy (non-hydrogen) atoms. The molecule has 0 saturated heterocycles. The van der Waals surface area contributed by atoms with Crippen LogP contribution in [-0.4, -0.2) is 17.8 Å². The van der Waals surface area contributed by atoms with Gasteiger partial charge >= 0.3 is 0 Å². The molecule has 4 heteroatoms. The highest BCUT2D eigenvalue weighted by Crippen LogP contribution is 2.16. The predicted molar refractivity (Wildman–Crippen MR) is 99.1 cm³/mol. The van der Waals surface area contributed by atoms with Gasteiger partial charge in [-0.15, -0.1) is 0 Å². The number of ether oxygens (including phenoxy) is 1. The number of nitrogens with zero attached hydrogens (tertiary/aromatic N) is 1. The summed E-state index contributed by atoms with van der Waals surface area (Å²) in [5.41, 5.74) is 2.73. The van der Waals surface area contributed by atoms with Crippen LogP contribution in [0.1, 0.15) is 37.0 Å². The summed E-state index contributed by atoms with van der Waals surface area (Å²) in [7, 11) is 0. The van der Waals surface area contributed by atoms with Crippen molar-refractivity contribution in [1.82, 2.24) is 5.32 Å². The van der Waals surface area contributed by atoms with Crippen molar-refractivity contribution in [3.8, 4) is 11.8 Å². The Morgan fingerprint density at radius 3 is 2.60 bits per heavy atom. The van der Waals surface area contributed by atoms with Crippen LogP contribution >= 0.6 is 0 Å². The van der Waals surface area contributed by atoms with Crippen LogP contribution < -0.4 is 10.1 Å². The molecule has 0 radical (unpaired) electrons. The number of aliphatic hydroxyl groups is 1. The van der Waals surface area contributed by atoms with E-state index in [1.54, 1.807) is 6.07 Å². The Morgan fingerprint density at radius 2 is 1.88 bits per heavy atom. The van der Waals surface area contributed by atoms with Crippen LogP contribution in [0.2, 0.25) is 0 Å². The van der Waals surface area contributed by atoms with Gasteiger partial charge in [0.1, 0.15) is 12.4 Å². The largest absolute Gasteiger partial charge is 0.489 e. The lowest BCUT2D eigenvalue weighted by Gasteiger charge is -2.18. The first-order valence-electron chi connectivity index (χ1n) is 8.65. The Labute approximate surface area is 150 Å². The van der Waals surface area contributed by atoms with Crippen molar-refractivity contribution in [2.75, 3.05) is 6.61 Å². The molecule has 132 valence electrons. The highest BCUT2D eigenvalue weighted by atomic mass is 16.5. The number of hydrogen-bond donors (Lipinski definition) is 2. The van der Waals surface area contributed by atoms with Crippen molar-refractivity contribution >= 4 is 0 Å². The fraction of sp³-hybridized carbons (Fsp3) is 0.381. The highest BCUT2D eigenvalue weighted by Gasteiger charge is 2.09. The minimum Gasteiger partial charge on any atom is -0.489 e. The lowest BCUT2D eigenvalue weighted by Crippen LogP contribution is -2.33. The second-order valence-electron chi connectivity index (χ2n) is 6.64. The second kappa shape index (κ2) is 9.83. The molecule has 0 aliphatic carbocycles. The first-order chi connectivity index (χ1) is 12.1. The lowest BCUT2D eigenvalue weighted by atomic mass is 10.0. The fourth-order valence-corrected chi connectivity index (χ4v) is 2.70. The molecule has 0 bridgehead atoms. The van der Waals surface area contributed by atoms with Crippen molar-refractivity contribution < 1.29 is 9.84 Å². The first-order valence-corrected chi connectivity index (χ1v) is 8.65. The SMILES string of the molecule is CC(C)CC(CO)NCc1cccc(OCc2cccc(C#N)c2)c1. The fourth-order valence-electron chi connectivity index (χ4n) is 2.70. The predicted octanol–water partition coefficient (Wildman–Crippen LogP) is 3.63. The zero-order valence-electron chi connectivity index (χ0n) is 14.9. The monoisotopic (exact) mass is 338 g/mol. The molecule has 0 saturated carbocycles. The molecular formula is C21H26N2O2. The van der Waals surface area contributed by atoms with Crippen molar-refractivity contribution in [2.45, 2.75) is 39.5 Å². The number of benzene rings is 2. The van der Waals surface area contributed by atoms with Crippen LogP contribution in [0.5, 0.6) is 5.75 Å². The quantitative estimate of drug-likeness (QED) is 0.733. The van der Waals surface area contributed by atoms with Gasteiger partial charge in [0.15, 0.2) is 0 Å². The van der Waals surface area contributed by atoms with Crippen LogP contribution in [0.4, 0.5) is 0 Å². The molecule has 1 unspecified atom stereocenters. The Balaban J connectivity index is 1.91. The molecule has 0 spiro atoms. The number of nitriles is 1. The van der Waals surface area contributed by atoms with Gasteiger partial charge in [0.05, 0.1) is 18.2 Å². The average Bonchev–Trinajstić information content (AvgIpc) is 2.63. The van der Waals surface area contributed by atoms with E-state index in [1.165, 1.54) is 0 Å². The van der Waals surface area contributed by atoms with Gasteiger partial charge in [-0.3, -0.25) is 0 Å². The molecule has 2 aromatic rings. The standard InChI is InChI=1S/C21H26N2O2/c1-16(2)9-20(14-24)23-13-18-6-4-8-21(11-18)25-15-19-7-3-5-17(10-19)12-22/h3-8,10-11,16,20,23-24H,9,13-15H2,1-2H3. The van der Waals surface area contributed by atoms with Crippen LogP contribution in [0.25, 0.3) is 0 Å². The van der Waals surface area contributed by atoms with Gasteiger partial charge < -0.3 is 15.2 Å². The van der Waals surface area contributed by atoms with Crippen molar-refractivity contribution in [3.05, 3.63) is 65.2 Å². The second-order valence-corrected chi connectivity index (χ2v) is 6.64. The molecule has 0 amide bonds. The zero-order valence-corrected chi connectivity index (χ0v) is 14.9. The van der Waals surface area contributed by atoms with E-state index in [2.05, 4.69) is 25.2 Å². The summed E-state index contributed by atoms with van der Waals surface area (Å²) in [6.45, 7) is 5.57. The van der Waals surface area contributed by atoms with Crippen LogP contribution in [0.15, 0.2) is 48.5 Å². The maximum absolute atomic E-state index is 9.45. The van der Waals surface area contributed by atoms with Gasteiger partial charge in [-0.25, -0.2) is 0 Å². The van der Waals surface area contributed by atoms with Gasteiger partial charge in [-0.05, 0) is 47.7 Å². The molecule has 2 aromatic carbocycles. The Hall–Kier alpha value is -2.35. The van der Waals surface area contributed by atoms with Crippen LogP contribution in [0.3, 0.4) is 0 Å². The first kappa shape index (κ1) is 19.0. The average molecular weight is 338 g/mol. The minimum atomic E-state index is 0.110. The van der Waals surface area contributed by atoms with Crippen LogP contribution in [-0.2, 0) is 13.2 Å². The molecule has 4 nitrogen and oxygen atoms in total. The van der Waals surface area contributed by atoms with E-state index in [0.29, 0.717) is 24.6 Å². The summed E-state index contributed by atoms with van der Waals surface area (Å²) in [5, 5.41) is 21.8. The zero-order chi connectivity index (χ0) is 18.1. The van der Waals surface area contributed by atoms with Gasteiger partial charge in [0.25, 0.3) is 0 Å². The Kier molecular flexibility index (Phi) is 7.46. The van der Waals surface area contributed by atoms with Crippen molar-refractivity contribution in [2.24, 2.45) is 5.92 Å². The van der Waals surface area contributed by atoms with E-state index in [0.717, 1.165) is 23.3 Å². The topological polar surface area (TPSA) is 65.3 Å². The van der Waals surface area contributed by atoms with Crippen molar-refractivity contribution in [3.63, 3.8) is 0 Å². The summed E-state index contributed by atoms with van der Waals surface area (Å²) in [4.78, 5) is 0. The Morgan fingerprint density at radius 1 is 1.12 bits per heavy atom. The molecule has 2 rings (SSSR count). The van der Waals surface area contributed by atoms with E-state index >= 15 is 0 Å². The number of nitrogens with one attached hydrogen (secondary N) is 1. The third-order valence-corrected chi connectivity index (χ3v) is 3.93. The van der Waals surface area contributed by atoms with E-state index in [1.807, 2.05) is 42.5 Å². The highest BCUT2D eigenvalue weighted by molar-refractivity contribution is 5.33. The molecule has 0 aromatic heterocycles. The molecule has 2 N–H and O–H groups in total. The summed E-state index contributed by atoms with van der Waals surface area (Å²) in [5.74, 6) is 1.34. The molecule has 0 aliphatic heterocycles. The van der Waals surface area contributed by atoms with E-state index in [-0.39, 0.29) is 12.6 Å². The van der Waals surface area contributed by atoms with Gasteiger partial charge in [-0.1, -0.05) is 38.1 Å². The summed E-state index contributed by atoms with van der Waals surface area (Å²) < 4.78 is 5.84. The van der Waals surface area contributed by atoms with E-state index in [4.69, 9.17) is 10.00 Å². The number of rotatable bonds is 9. The molecule has 0 aliphatic rings. The van der Waals surface area contributed by atoms with Gasteiger partial charge in [-0.2, -0.15) is 5.26 Å².